The van der Waals surface area contributed by atoms with Gasteiger partial charge in [-0.1, -0.05) is 35.9 Å². The monoisotopic (exact) mass is 303 g/mol. The molecule has 3 nitrogen and oxygen atoms in total. The third-order valence-electron chi connectivity index (χ3n) is 3.93. The van der Waals surface area contributed by atoms with Crippen molar-refractivity contribution in [3.8, 4) is 0 Å². The number of rotatable bonds is 3. The summed E-state index contributed by atoms with van der Waals surface area (Å²) in [6.07, 6.45) is 3.82. The Bertz CT molecular complexity index is 542. The highest BCUT2D eigenvalue weighted by Crippen LogP contribution is 2.23. The van der Waals surface area contributed by atoms with Crippen molar-refractivity contribution >= 4 is 12.4 Å². The smallest absolute Gasteiger partial charge is 0.0491 e. The summed E-state index contributed by atoms with van der Waals surface area (Å²) >= 11 is 0. The molecule has 4 heteroatoms. The van der Waals surface area contributed by atoms with Gasteiger partial charge in [0.15, 0.2) is 0 Å². The van der Waals surface area contributed by atoms with Crippen LogP contribution >= 0.6 is 12.4 Å². The van der Waals surface area contributed by atoms with E-state index in [0.29, 0.717) is 6.04 Å². The van der Waals surface area contributed by atoms with Crippen LogP contribution < -0.4 is 5.32 Å². The fourth-order valence-corrected chi connectivity index (χ4v) is 2.77. The maximum Gasteiger partial charge on any atom is 0.0491 e. The van der Waals surface area contributed by atoms with E-state index in [0.717, 1.165) is 26.2 Å². The summed E-state index contributed by atoms with van der Waals surface area (Å²) in [5, 5.41) is 3.49. The Labute approximate surface area is 132 Å². The van der Waals surface area contributed by atoms with Gasteiger partial charge in [0, 0.05) is 44.6 Å². The number of nitrogens with one attached hydrogen (secondary N) is 1. The summed E-state index contributed by atoms with van der Waals surface area (Å²) in [6.45, 7) is 6.27. The van der Waals surface area contributed by atoms with Gasteiger partial charge in [0.25, 0.3) is 0 Å². The number of nitrogens with zero attached hydrogens (tertiary/aromatic N) is 2. The quantitative estimate of drug-likeness (QED) is 0.945. The molecule has 1 aromatic heterocycles. The van der Waals surface area contributed by atoms with Crippen molar-refractivity contribution in [1.29, 1.82) is 0 Å². The summed E-state index contributed by atoms with van der Waals surface area (Å²) in [5.41, 5.74) is 4.00. The highest BCUT2D eigenvalue weighted by Gasteiger charge is 2.23. The zero-order chi connectivity index (χ0) is 13.8. The third-order valence-corrected chi connectivity index (χ3v) is 3.93. The van der Waals surface area contributed by atoms with Gasteiger partial charge >= 0.3 is 0 Å². The highest BCUT2D eigenvalue weighted by atomic mass is 35.5. The number of hydrogen-bond donors (Lipinski definition) is 1. The Morgan fingerprint density at radius 3 is 2.76 bits per heavy atom. The minimum atomic E-state index is 0. The Morgan fingerprint density at radius 1 is 1.24 bits per heavy atom. The van der Waals surface area contributed by atoms with E-state index >= 15 is 0 Å². The topological polar surface area (TPSA) is 28.2 Å². The molecule has 0 spiro atoms. The van der Waals surface area contributed by atoms with E-state index in [-0.39, 0.29) is 12.4 Å². The lowest BCUT2D eigenvalue weighted by Gasteiger charge is -2.36. The zero-order valence-corrected chi connectivity index (χ0v) is 13.1. The van der Waals surface area contributed by atoms with Crippen molar-refractivity contribution in [2.45, 2.75) is 19.5 Å². The molecular formula is C17H22ClN3. The first-order valence-corrected chi connectivity index (χ1v) is 7.23. The molecule has 2 heterocycles. The lowest BCUT2D eigenvalue weighted by Crippen LogP contribution is -2.45. The number of pyridine rings is 1. The van der Waals surface area contributed by atoms with Gasteiger partial charge in [0.2, 0.25) is 0 Å². The summed E-state index contributed by atoms with van der Waals surface area (Å²) in [7, 11) is 0. The second-order valence-electron chi connectivity index (χ2n) is 5.46. The summed E-state index contributed by atoms with van der Waals surface area (Å²) in [5.74, 6) is 0. The number of hydrogen-bond acceptors (Lipinski definition) is 3. The summed E-state index contributed by atoms with van der Waals surface area (Å²) < 4.78 is 0. The van der Waals surface area contributed by atoms with Gasteiger partial charge in [0.1, 0.15) is 0 Å². The van der Waals surface area contributed by atoms with Crippen LogP contribution in [0.15, 0.2) is 48.8 Å². The van der Waals surface area contributed by atoms with Crippen LogP contribution in [0, 0.1) is 6.92 Å². The highest BCUT2D eigenvalue weighted by molar-refractivity contribution is 5.85. The molecule has 1 saturated heterocycles. The minimum absolute atomic E-state index is 0. The molecule has 0 amide bonds. The predicted octanol–water partition coefficient (Wildman–Crippen LogP) is 2.96. The van der Waals surface area contributed by atoms with E-state index < -0.39 is 0 Å². The van der Waals surface area contributed by atoms with Crippen LogP contribution in [-0.4, -0.2) is 29.5 Å². The van der Waals surface area contributed by atoms with Crippen LogP contribution in [0.3, 0.4) is 0 Å². The number of benzene rings is 1. The molecule has 21 heavy (non-hydrogen) atoms. The second kappa shape index (κ2) is 7.55. The van der Waals surface area contributed by atoms with Crippen molar-refractivity contribution in [1.82, 2.24) is 15.2 Å². The molecule has 1 atom stereocenters. The third kappa shape index (κ3) is 4.03. The number of halogens is 1. The van der Waals surface area contributed by atoms with Gasteiger partial charge in [-0.3, -0.25) is 9.88 Å². The molecule has 112 valence electrons. The molecule has 1 aromatic carbocycles. The van der Waals surface area contributed by atoms with E-state index in [2.05, 4.69) is 52.5 Å². The van der Waals surface area contributed by atoms with E-state index in [9.17, 15) is 0 Å². The van der Waals surface area contributed by atoms with Crippen LogP contribution in [0.25, 0.3) is 0 Å². The average Bonchev–Trinajstić information content (AvgIpc) is 2.51. The van der Waals surface area contributed by atoms with Gasteiger partial charge in [-0.2, -0.15) is 0 Å². The van der Waals surface area contributed by atoms with E-state index in [1.54, 1.807) is 0 Å². The maximum atomic E-state index is 4.26. The molecule has 1 aliphatic heterocycles. The van der Waals surface area contributed by atoms with Gasteiger partial charge in [-0.15, -0.1) is 12.4 Å². The summed E-state index contributed by atoms with van der Waals surface area (Å²) in [4.78, 5) is 6.80. The van der Waals surface area contributed by atoms with Crippen LogP contribution in [-0.2, 0) is 6.54 Å². The van der Waals surface area contributed by atoms with Crippen molar-refractivity contribution in [3.63, 3.8) is 0 Å². The maximum absolute atomic E-state index is 4.26. The van der Waals surface area contributed by atoms with Crippen LogP contribution in [0.1, 0.15) is 22.7 Å². The zero-order valence-electron chi connectivity index (χ0n) is 12.3. The minimum Gasteiger partial charge on any atom is -0.314 e. The molecule has 1 N–H and O–H groups in total. The second-order valence-corrected chi connectivity index (χ2v) is 5.46. The van der Waals surface area contributed by atoms with Gasteiger partial charge < -0.3 is 5.32 Å². The van der Waals surface area contributed by atoms with E-state index in [1.807, 2.05) is 18.5 Å². The molecule has 1 aliphatic rings. The average molecular weight is 304 g/mol. The number of piperazine rings is 1. The largest absolute Gasteiger partial charge is 0.314 e. The fourth-order valence-electron chi connectivity index (χ4n) is 2.77. The predicted molar refractivity (Wildman–Crippen MR) is 88.7 cm³/mol. The molecule has 0 aliphatic carbocycles. The Hall–Kier alpha value is -1.42. The number of aromatic nitrogens is 1. The van der Waals surface area contributed by atoms with Crippen LogP contribution in [0.2, 0.25) is 0 Å². The molecule has 1 unspecified atom stereocenters. The van der Waals surface area contributed by atoms with E-state index in [4.69, 9.17) is 0 Å². The van der Waals surface area contributed by atoms with E-state index in [1.165, 1.54) is 16.7 Å². The number of aryl methyl sites for hydroxylation is 1. The fraction of sp³-hybridized carbons (Fsp3) is 0.353. The normalized spacial score (nSPS) is 19.0. The van der Waals surface area contributed by atoms with Crippen molar-refractivity contribution in [2.24, 2.45) is 0 Å². The molecule has 0 bridgehead atoms. The molecule has 1 fully saturated rings. The molecule has 0 saturated carbocycles. The SMILES string of the molecule is Cc1ccc(CN2CCNCC2c2cccnc2)cc1.Cl. The first-order valence-electron chi connectivity index (χ1n) is 7.23. The standard InChI is InChI=1S/C17H21N3.ClH/c1-14-4-6-15(7-5-14)13-20-10-9-19-12-17(20)16-3-2-8-18-11-16;/h2-8,11,17,19H,9-10,12-13H2,1H3;1H. The first kappa shape index (κ1) is 16.0. The Balaban J connectivity index is 0.00000161. The molecule has 3 rings (SSSR count). The molecule has 2 aromatic rings. The van der Waals surface area contributed by atoms with Crippen molar-refractivity contribution in [3.05, 3.63) is 65.5 Å². The van der Waals surface area contributed by atoms with Crippen LogP contribution in [0.5, 0.6) is 0 Å². The van der Waals surface area contributed by atoms with Gasteiger partial charge in [-0.05, 0) is 24.1 Å². The van der Waals surface area contributed by atoms with Gasteiger partial charge in [0.05, 0.1) is 0 Å². The van der Waals surface area contributed by atoms with Crippen molar-refractivity contribution < 1.29 is 0 Å². The molecule has 0 radical (unpaired) electrons. The molecular weight excluding hydrogens is 282 g/mol. The Morgan fingerprint density at radius 2 is 2.05 bits per heavy atom. The lowest BCUT2D eigenvalue weighted by molar-refractivity contribution is 0.153. The summed E-state index contributed by atoms with van der Waals surface area (Å²) in [6, 6.07) is 13.5. The van der Waals surface area contributed by atoms with Crippen LogP contribution in [0.4, 0.5) is 0 Å². The Kier molecular flexibility index (Phi) is 5.74. The van der Waals surface area contributed by atoms with Crippen molar-refractivity contribution in [2.75, 3.05) is 19.6 Å². The van der Waals surface area contributed by atoms with Gasteiger partial charge in [-0.25, -0.2) is 0 Å². The first-order chi connectivity index (χ1) is 9.83. The lowest BCUT2D eigenvalue weighted by atomic mass is 10.0.